The molecule has 12 heavy (non-hydrogen) atoms. The smallest absolute Gasteiger partial charge is 0.0664 e. The van der Waals surface area contributed by atoms with Crippen molar-refractivity contribution >= 4 is 11.4 Å². The van der Waals surface area contributed by atoms with Crippen LogP contribution in [0.1, 0.15) is 12.5 Å². The molecule has 2 nitrogen and oxygen atoms in total. The highest BCUT2D eigenvalue weighted by atomic mass is 16.2. The van der Waals surface area contributed by atoms with Crippen molar-refractivity contribution in [2.24, 2.45) is 4.99 Å². The highest BCUT2D eigenvalue weighted by Gasteiger charge is 2.08. The summed E-state index contributed by atoms with van der Waals surface area (Å²) in [6, 6.07) is 8.29. The van der Waals surface area contributed by atoms with Crippen LogP contribution in [0.2, 0.25) is 0 Å². The molecule has 0 fully saturated rings. The first-order valence-corrected chi connectivity index (χ1v) is 3.93. The quantitative estimate of drug-likeness (QED) is 0.623. The predicted molar refractivity (Wildman–Crippen MR) is 51.1 cm³/mol. The topological polar surface area (TPSA) is 32.6 Å². The molecule has 0 saturated heterocycles. The summed E-state index contributed by atoms with van der Waals surface area (Å²) in [5, 5.41) is 7.00. The molecular formula is C10H13NO. The molecule has 1 aromatic carbocycles. The SMILES string of the molecule is CC1=Nc2ccccc2C1.CO. The first kappa shape index (κ1) is 8.94. The lowest BCUT2D eigenvalue weighted by atomic mass is 10.1. The van der Waals surface area contributed by atoms with Crippen molar-refractivity contribution in [3.63, 3.8) is 0 Å². The van der Waals surface area contributed by atoms with Gasteiger partial charge in [0.05, 0.1) is 5.69 Å². The molecule has 1 N–H and O–H groups in total. The molecular weight excluding hydrogens is 150 g/mol. The Morgan fingerprint density at radius 1 is 1.25 bits per heavy atom. The molecule has 0 aliphatic carbocycles. The molecule has 0 saturated carbocycles. The van der Waals surface area contributed by atoms with Gasteiger partial charge in [-0.1, -0.05) is 18.2 Å². The van der Waals surface area contributed by atoms with Crippen LogP contribution < -0.4 is 0 Å². The zero-order valence-electron chi connectivity index (χ0n) is 7.41. The van der Waals surface area contributed by atoms with Crippen LogP contribution in [-0.2, 0) is 6.42 Å². The van der Waals surface area contributed by atoms with E-state index in [1.807, 2.05) is 6.07 Å². The van der Waals surface area contributed by atoms with Gasteiger partial charge in [0, 0.05) is 19.2 Å². The number of para-hydroxylation sites is 1. The van der Waals surface area contributed by atoms with E-state index in [9.17, 15) is 0 Å². The average molecular weight is 163 g/mol. The number of hydrogen-bond donors (Lipinski definition) is 1. The number of aliphatic hydroxyl groups is 1. The van der Waals surface area contributed by atoms with Crippen LogP contribution in [0.25, 0.3) is 0 Å². The second-order valence-corrected chi connectivity index (χ2v) is 2.65. The van der Waals surface area contributed by atoms with Crippen LogP contribution in [0, 0.1) is 0 Å². The Morgan fingerprint density at radius 3 is 2.58 bits per heavy atom. The highest BCUT2D eigenvalue weighted by molar-refractivity contribution is 5.91. The van der Waals surface area contributed by atoms with Gasteiger partial charge in [-0.25, -0.2) is 0 Å². The monoisotopic (exact) mass is 163 g/mol. The van der Waals surface area contributed by atoms with Crippen LogP contribution in [0.4, 0.5) is 5.69 Å². The molecule has 1 aliphatic heterocycles. The average Bonchev–Trinajstić information content (AvgIpc) is 2.48. The molecule has 1 aromatic rings. The van der Waals surface area contributed by atoms with Gasteiger partial charge in [0.25, 0.3) is 0 Å². The maximum absolute atomic E-state index is 7.00. The minimum Gasteiger partial charge on any atom is -0.400 e. The fourth-order valence-corrected chi connectivity index (χ4v) is 1.29. The van der Waals surface area contributed by atoms with Gasteiger partial charge in [-0.05, 0) is 18.6 Å². The van der Waals surface area contributed by atoms with Crippen molar-refractivity contribution in [1.29, 1.82) is 0 Å². The van der Waals surface area contributed by atoms with Gasteiger partial charge in [-0.15, -0.1) is 0 Å². The van der Waals surface area contributed by atoms with E-state index in [-0.39, 0.29) is 0 Å². The summed E-state index contributed by atoms with van der Waals surface area (Å²) in [5.74, 6) is 0. The lowest BCUT2D eigenvalue weighted by molar-refractivity contribution is 0.399. The highest BCUT2D eigenvalue weighted by Crippen LogP contribution is 2.25. The maximum Gasteiger partial charge on any atom is 0.0664 e. The molecule has 0 unspecified atom stereocenters. The van der Waals surface area contributed by atoms with E-state index in [2.05, 4.69) is 30.1 Å². The van der Waals surface area contributed by atoms with Crippen LogP contribution in [0.5, 0.6) is 0 Å². The molecule has 0 aromatic heterocycles. The fourth-order valence-electron chi connectivity index (χ4n) is 1.29. The summed E-state index contributed by atoms with van der Waals surface area (Å²) in [7, 11) is 1.00. The maximum atomic E-state index is 7.00. The Morgan fingerprint density at radius 2 is 1.92 bits per heavy atom. The van der Waals surface area contributed by atoms with E-state index in [4.69, 9.17) is 5.11 Å². The summed E-state index contributed by atoms with van der Waals surface area (Å²) in [6.45, 7) is 2.07. The summed E-state index contributed by atoms with van der Waals surface area (Å²) in [6.07, 6.45) is 1.04. The predicted octanol–water partition coefficient (Wildman–Crippen LogP) is 1.94. The van der Waals surface area contributed by atoms with Crippen molar-refractivity contribution in [3.8, 4) is 0 Å². The van der Waals surface area contributed by atoms with Crippen LogP contribution in [-0.4, -0.2) is 17.9 Å². The molecule has 0 atom stereocenters. The molecule has 0 bridgehead atoms. The first-order chi connectivity index (χ1) is 5.86. The first-order valence-electron chi connectivity index (χ1n) is 3.93. The van der Waals surface area contributed by atoms with Gasteiger partial charge in [0.1, 0.15) is 0 Å². The van der Waals surface area contributed by atoms with Crippen molar-refractivity contribution in [2.75, 3.05) is 7.11 Å². The third-order valence-electron chi connectivity index (χ3n) is 1.75. The molecule has 1 heterocycles. The number of aliphatic imine (C=N–C) groups is 1. The molecule has 2 rings (SSSR count). The lowest BCUT2D eigenvalue weighted by Gasteiger charge is -1.91. The van der Waals surface area contributed by atoms with E-state index >= 15 is 0 Å². The van der Waals surface area contributed by atoms with E-state index in [1.165, 1.54) is 11.3 Å². The summed E-state index contributed by atoms with van der Waals surface area (Å²) in [4.78, 5) is 4.37. The number of hydrogen-bond acceptors (Lipinski definition) is 2. The van der Waals surface area contributed by atoms with Crippen LogP contribution >= 0.6 is 0 Å². The molecule has 2 heteroatoms. The van der Waals surface area contributed by atoms with Gasteiger partial charge in [0.2, 0.25) is 0 Å². The number of nitrogens with zero attached hydrogens (tertiary/aromatic N) is 1. The Hall–Kier alpha value is -1.15. The lowest BCUT2D eigenvalue weighted by Crippen LogP contribution is -1.87. The second kappa shape index (κ2) is 4.02. The number of rotatable bonds is 0. The van der Waals surface area contributed by atoms with Crippen LogP contribution in [0.3, 0.4) is 0 Å². The number of benzene rings is 1. The largest absolute Gasteiger partial charge is 0.400 e. The van der Waals surface area contributed by atoms with Crippen molar-refractivity contribution in [3.05, 3.63) is 29.8 Å². The number of aliphatic hydroxyl groups excluding tert-OH is 1. The van der Waals surface area contributed by atoms with Gasteiger partial charge in [-0.2, -0.15) is 0 Å². The molecule has 1 aliphatic rings. The Labute approximate surface area is 72.6 Å². The summed E-state index contributed by atoms with van der Waals surface area (Å²) in [5.41, 5.74) is 3.74. The van der Waals surface area contributed by atoms with Gasteiger partial charge in [-0.3, -0.25) is 4.99 Å². The third kappa shape index (κ3) is 1.71. The van der Waals surface area contributed by atoms with Crippen molar-refractivity contribution < 1.29 is 5.11 Å². The third-order valence-corrected chi connectivity index (χ3v) is 1.75. The summed E-state index contributed by atoms with van der Waals surface area (Å²) >= 11 is 0. The zero-order valence-corrected chi connectivity index (χ0v) is 7.41. The standard InChI is InChI=1S/C9H9N.CH4O/c1-7-6-8-4-2-3-5-9(8)10-7;1-2/h2-5H,6H2,1H3;2H,1H3. The number of fused-ring (bicyclic) bond motifs is 1. The van der Waals surface area contributed by atoms with Gasteiger partial charge >= 0.3 is 0 Å². The zero-order chi connectivity index (χ0) is 8.97. The minimum absolute atomic E-state index is 1.00. The molecule has 0 spiro atoms. The fraction of sp³-hybridized carbons (Fsp3) is 0.300. The van der Waals surface area contributed by atoms with E-state index in [0.29, 0.717) is 0 Å². The van der Waals surface area contributed by atoms with Crippen molar-refractivity contribution in [1.82, 2.24) is 0 Å². The van der Waals surface area contributed by atoms with E-state index < -0.39 is 0 Å². The second-order valence-electron chi connectivity index (χ2n) is 2.65. The summed E-state index contributed by atoms with van der Waals surface area (Å²) < 4.78 is 0. The van der Waals surface area contributed by atoms with E-state index in [1.54, 1.807) is 0 Å². The van der Waals surface area contributed by atoms with Crippen LogP contribution in [0.15, 0.2) is 29.3 Å². The molecule has 64 valence electrons. The van der Waals surface area contributed by atoms with Crippen molar-refractivity contribution in [2.45, 2.75) is 13.3 Å². The molecule has 0 amide bonds. The normalized spacial score (nSPS) is 12.8. The van der Waals surface area contributed by atoms with Gasteiger partial charge < -0.3 is 5.11 Å². The van der Waals surface area contributed by atoms with Gasteiger partial charge in [0.15, 0.2) is 0 Å². The Kier molecular flexibility index (Phi) is 3.00. The van der Waals surface area contributed by atoms with E-state index in [0.717, 1.165) is 19.2 Å². The Balaban J connectivity index is 0.000000336. The molecule has 0 radical (unpaired) electrons. The Bertz CT molecular complexity index is 292. The minimum atomic E-state index is 1.00.